The fourth-order valence-electron chi connectivity index (χ4n) is 1.92. The van der Waals surface area contributed by atoms with E-state index in [2.05, 4.69) is 9.97 Å². The summed E-state index contributed by atoms with van der Waals surface area (Å²) in [5, 5.41) is 0. The van der Waals surface area contributed by atoms with Gasteiger partial charge in [-0.1, -0.05) is 0 Å². The van der Waals surface area contributed by atoms with Crippen LogP contribution in [-0.4, -0.2) is 22.6 Å². The van der Waals surface area contributed by atoms with E-state index < -0.39 is 0 Å². The molecule has 0 aromatic carbocycles. The van der Waals surface area contributed by atoms with E-state index in [4.69, 9.17) is 10.5 Å². The van der Waals surface area contributed by atoms with E-state index in [-0.39, 0.29) is 0 Å². The summed E-state index contributed by atoms with van der Waals surface area (Å²) >= 11 is 0. The second-order valence-electron chi connectivity index (χ2n) is 4.14. The summed E-state index contributed by atoms with van der Waals surface area (Å²) in [6.45, 7) is 0.741. The van der Waals surface area contributed by atoms with E-state index in [1.165, 1.54) is 12.8 Å². The minimum absolute atomic E-state index is 0.401. The lowest BCUT2D eigenvalue weighted by Gasteiger charge is -2.25. The Morgan fingerprint density at radius 1 is 1.27 bits per heavy atom. The van der Waals surface area contributed by atoms with E-state index in [1.54, 1.807) is 18.6 Å². The third kappa shape index (κ3) is 3.16. The van der Waals surface area contributed by atoms with Crippen LogP contribution in [0.5, 0.6) is 5.88 Å². The van der Waals surface area contributed by atoms with E-state index in [9.17, 15) is 0 Å². The first-order valence-corrected chi connectivity index (χ1v) is 5.49. The number of rotatable bonds is 3. The second-order valence-corrected chi connectivity index (χ2v) is 4.14. The summed E-state index contributed by atoms with van der Waals surface area (Å²) < 4.78 is 5.57. The smallest absolute Gasteiger partial charge is 0.232 e. The molecular weight excluding hydrogens is 190 g/mol. The molecule has 4 nitrogen and oxygen atoms in total. The fourth-order valence-corrected chi connectivity index (χ4v) is 1.92. The fraction of sp³-hybridized carbons (Fsp3) is 0.636. The summed E-state index contributed by atoms with van der Waals surface area (Å²) in [6, 6.07) is 0.401. The molecule has 1 aliphatic carbocycles. The van der Waals surface area contributed by atoms with Gasteiger partial charge in [0, 0.05) is 18.4 Å². The Hall–Kier alpha value is -1.16. The van der Waals surface area contributed by atoms with Crippen molar-refractivity contribution in [2.75, 3.05) is 6.61 Å². The Bertz CT molecular complexity index is 283. The van der Waals surface area contributed by atoms with Crippen LogP contribution in [0.15, 0.2) is 18.6 Å². The van der Waals surface area contributed by atoms with Crippen LogP contribution in [0.1, 0.15) is 25.7 Å². The second kappa shape index (κ2) is 5.07. The Morgan fingerprint density at radius 3 is 2.73 bits per heavy atom. The monoisotopic (exact) mass is 207 g/mol. The molecule has 2 rings (SSSR count). The lowest BCUT2D eigenvalue weighted by atomic mass is 9.87. The molecule has 0 aliphatic heterocycles. The molecule has 0 bridgehead atoms. The summed E-state index contributed by atoms with van der Waals surface area (Å²) in [5.74, 6) is 1.25. The van der Waals surface area contributed by atoms with Gasteiger partial charge in [0.05, 0.1) is 12.8 Å². The highest BCUT2D eigenvalue weighted by molar-refractivity contribution is 5.01. The van der Waals surface area contributed by atoms with Crippen LogP contribution in [0.4, 0.5) is 0 Å². The summed E-state index contributed by atoms with van der Waals surface area (Å²) in [5.41, 5.74) is 5.84. The normalized spacial score (nSPS) is 26.2. The van der Waals surface area contributed by atoms with Crippen molar-refractivity contribution in [1.82, 2.24) is 9.97 Å². The molecule has 2 N–H and O–H groups in total. The predicted molar refractivity (Wildman–Crippen MR) is 57.5 cm³/mol. The first kappa shape index (κ1) is 10.4. The maximum Gasteiger partial charge on any atom is 0.232 e. The van der Waals surface area contributed by atoms with E-state index >= 15 is 0 Å². The van der Waals surface area contributed by atoms with Crippen molar-refractivity contribution < 1.29 is 4.74 Å². The Labute approximate surface area is 89.9 Å². The molecule has 1 fully saturated rings. The van der Waals surface area contributed by atoms with Gasteiger partial charge in [-0.15, -0.1) is 0 Å². The number of nitrogens with zero attached hydrogens (tertiary/aromatic N) is 2. The zero-order valence-corrected chi connectivity index (χ0v) is 8.80. The van der Waals surface area contributed by atoms with Crippen molar-refractivity contribution in [1.29, 1.82) is 0 Å². The third-order valence-electron chi connectivity index (χ3n) is 2.90. The van der Waals surface area contributed by atoms with Gasteiger partial charge in [-0.2, -0.15) is 0 Å². The largest absolute Gasteiger partial charge is 0.476 e. The molecule has 82 valence electrons. The molecule has 1 aromatic heterocycles. The molecule has 1 saturated carbocycles. The molecular formula is C11H17N3O. The Kier molecular flexibility index (Phi) is 3.50. The minimum Gasteiger partial charge on any atom is -0.476 e. The van der Waals surface area contributed by atoms with Gasteiger partial charge < -0.3 is 10.5 Å². The van der Waals surface area contributed by atoms with Gasteiger partial charge in [0.2, 0.25) is 5.88 Å². The van der Waals surface area contributed by atoms with Crippen molar-refractivity contribution in [3.63, 3.8) is 0 Å². The molecule has 0 radical (unpaired) electrons. The molecule has 0 saturated heterocycles. The zero-order valence-electron chi connectivity index (χ0n) is 8.80. The number of aromatic nitrogens is 2. The standard InChI is InChI=1S/C11H17N3O/c12-10-3-1-9(2-4-10)8-15-11-7-13-5-6-14-11/h5-7,9-10H,1-4,8,12H2. The maximum absolute atomic E-state index is 5.84. The van der Waals surface area contributed by atoms with Gasteiger partial charge in [-0.25, -0.2) is 4.98 Å². The van der Waals surface area contributed by atoms with Crippen LogP contribution >= 0.6 is 0 Å². The van der Waals surface area contributed by atoms with Crippen molar-refractivity contribution >= 4 is 0 Å². The van der Waals surface area contributed by atoms with Crippen LogP contribution in [0.25, 0.3) is 0 Å². The van der Waals surface area contributed by atoms with Gasteiger partial charge >= 0.3 is 0 Å². The molecule has 0 spiro atoms. The van der Waals surface area contributed by atoms with Gasteiger partial charge in [0.1, 0.15) is 0 Å². The van der Waals surface area contributed by atoms with Crippen LogP contribution in [0.2, 0.25) is 0 Å². The first-order valence-electron chi connectivity index (χ1n) is 5.49. The summed E-state index contributed by atoms with van der Waals surface area (Å²) in [4.78, 5) is 8.02. The number of ether oxygens (including phenoxy) is 1. The SMILES string of the molecule is NC1CCC(COc2cnccn2)CC1. The van der Waals surface area contributed by atoms with Crippen LogP contribution < -0.4 is 10.5 Å². The summed E-state index contributed by atoms with van der Waals surface area (Å²) in [6.07, 6.45) is 9.51. The van der Waals surface area contributed by atoms with E-state index in [0.717, 1.165) is 19.4 Å². The highest BCUT2D eigenvalue weighted by atomic mass is 16.5. The molecule has 0 unspecified atom stereocenters. The minimum atomic E-state index is 0.401. The van der Waals surface area contributed by atoms with Gasteiger partial charge in [0.15, 0.2) is 0 Å². The van der Waals surface area contributed by atoms with Gasteiger partial charge in [-0.3, -0.25) is 4.98 Å². The quantitative estimate of drug-likeness (QED) is 0.813. The van der Waals surface area contributed by atoms with Crippen molar-refractivity contribution in [2.24, 2.45) is 11.7 Å². The van der Waals surface area contributed by atoms with Crippen LogP contribution in [-0.2, 0) is 0 Å². The maximum atomic E-state index is 5.84. The van der Waals surface area contributed by atoms with Crippen molar-refractivity contribution in [3.05, 3.63) is 18.6 Å². The average Bonchev–Trinajstić information content (AvgIpc) is 2.30. The van der Waals surface area contributed by atoms with Crippen LogP contribution in [0.3, 0.4) is 0 Å². The van der Waals surface area contributed by atoms with Gasteiger partial charge in [0.25, 0.3) is 0 Å². The van der Waals surface area contributed by atoms with Crippen LogP contribution in [0, 0.1) is 5.92 Å². The molecule has 1 aromatic rings. The highest BCUT2D eigenvalue weighted by Crippen LogP contribution is 2.23. The highest BCUT2D eigenvalue weighted by Gasteiger charge is 2.18. The number of nitrogens with two attached hydrogens (primary N) is 1. The van der Waals surface area contributed by atoms with Crippen molar-refractivity contribution in [3.8, 4) is 5.88 Å². The first-order chi connectivity index (χ1) is 7.34. The zero-order chi connectivity index (χ0) is 10.5. The topological polar surface area (TPSA) is 61.0 Å². The number of hydrogen-bond acceptors (Lipinski definition) is 4. The average molecular weight is 207 g/mol. The predicted octanol–water partition coefficient (Wildman–Crippen LogP) is 1.37. The van der Waals surface area contributed by atoms with E-state index in [1.807, 2.05) is 0 Å². The lowest BCUT2D eigenvalue weighted by Crippen LogP contribution is -2.28. The third-order valence-corrected chi connectivity index (χ3v) is 2.90. The van der Waals surface area contributed by atoms with E-state index in [0.29, 0.717) is 17.8 Å². The Balaban J connectivity index is 1.74. The lowest BCUT2D eigenvalue weighted by molar-refractivity contribution is 0.194. The van der Waals surface area contributed by atoms with Gasteiger partial charge in [-0.05, 0) is 31.6 Å². The number of hydrogen-bond donors (Lipinski definition) is 1. The summed E-state index contributed by atoms with van der Waals surface area (Å²) in [7, 11) is 0. The molecule has 0 amide bonds. The molecule has 15 heavy (non-hydrogen) atoms. The molecule has 4 heteroatoms. The van der Waals surface area contributed by atoms with Crippen molar-refractivity contribution in [2.45, 2.75) is 31.7 Å². The molecule has 0 atom stereocenters. The molecule has 1 heterocycles. The Morgan fingerprint density at radius 2 is 2.07 bits per heavy atom. The molecule has 1 aliphatic rings.